The lowest BCUT2D eigenvalue weighted by atomic mass is 9.82. The molecule has 3 rings (SSSR count). The number of piperidine rings is 2. The predicted octanol–water partition coefficient (Wildman–Crippen LogP) is 3.65. The maximum atomic E-state index is 5.81. The van der Waals surface area contributed by atoms with Crippen molar-refractivity contribution in [3.05, 3.63) is 24.3 Å². The Hall–Kier alpha value is -1.22. The number of methoxy groups -OCH3 is 1. The quantitative estimate of drug-likeness (QED) is 0.239. The van der Waals surface area contributed by atoms with Crippen LogP contribution in [-0.4, -0.2) is 62.8 Å². The highest BCUT2D eigenvalue weighted by Crippen LogP contribution is 2.32. The smallest absolute Gasteiger partial charge is 0.191 e. The van der Waals surface area contributed by atoms with Crippen LogP contribution in [0, 0.1) is 0 Å². The minimum absolute atomic E-state index is 0. The first-order valence-electron chi connectivity index (χ1n) is 10.7. The van der Waals surface area contributed by atoms with Crippen molar-refractivity contribution in [1.29, 1.82) is 0 Å². The van der Waals surface area contributed by atoms with Crippen LogP contribution < -0.4 is 20.1 Å². The number of aliphatic imine (C=N–C) groups is 1. The monoisotopic (exact) mass is 516 g/mol. The Labute approximate surface area is 192 Å². The number of benzene rings is 1. The van der Waals surface area contributed by atoms with Gasteiger partial charge >= 0.3 is 0 Å². The van der Waals surface area contributed by atoms with Gasteiger partial charge < -0.3 is 25.0 Å². The van der Waals surface area contributed by atoms with Crippen molar-refractivity contribution < 1.29 is 9.47 Å². The lowest BCUT2D eigenvalue weighted by Crippen LogP contribution is -2.56. The molecule has 2 fully saturated rings. The van der Waals surface area contributed by atoms with Crippen molar-refractivity contribution in [2.24, 2.45) is 4.99 Å². The summed E-state index contributed by atoms with van der Waals surface area (Å²) >= 11 is 0. The highest BCUT2D eigenvalue weighted by atomic mass is 127. The second-order valence-corrected chi connectivity index (χ2v) is 7.86. The van der Waals surface area contributed by atoms with Crippen LogP contribution in [0.5, 0.6) is 11.5 Å². The normalized spacial score (nSPS) is 24.4. The van der Waals surface area contributed by atoms with E-state index in [1.165, 1.54) is 32.1 Å². The molecule has 164 valence electrons. The Balaban J connectivity index is 0.00000300. The van der Waals surface area contributed by atoms with E-state index in [0.717, 1.165) is 49.1 Å². The molecule has 0 saturated carbocycles. The van der Waals surface area contributed by atoms with Crippen molar-refractivity contribution >= 4 is 29.9 Å². The van der Waals surface area contributed by atoms with Crippen LogP contribution in [0.3, 0.4) is 0 Å². The molecule has 2 heterocycles. The van der Waals surface area contributed by atoms with E-state index in [9.17, 15) is 0 Å². The van der Waals surface area contributed by atoms with Crippen molar-refractivity contribution in [3.8, 4) is 11.5 Å². The standard InChI is InChI=1S/C22H36N4O2.HI/c1-4-23-22(25-17-14-18-8-5-9-19(15-17)26(18)2)24-12-7-13-28-21-11-6-10-20(16-21)27-3;/h6,10-11,16-19H,4-5,7-9,12-15H2,1-3H3,(H2,23,24,25);1H. The molecule has 2 aliphatic heterocycles. The van der Waals surface area contributed by atoms with E-state index in [1.807, 2.05) is 24.3 Å². The van der Waals surface area contributed by atoms with Gasteiger partial charge in [-0.2, -0.15) is 0 Å². The van der Waals surface area contributed by atoms with Gasteiger partial charge in [-0.25, -0.2) is 0 Å². The first-order valence-corrected chi connectivity index (χ1v) is 10.7. The Bertz CT molecular complexity index is 629. The molecular weight excluding hydrogens is 479 g/mol. The van der Waals surface area contributed by atoms with E-state index < -0.39 is 0 Å². The maximum absolute atomic E-state index is 5.81. The van der Waals surface area contributed by atoms with Crippen molar-refractivity contribution in [3.63, 3.8) is 0 Å². The Morgan fingerprint density at radius 3 is 2.62 bits per heavy atom. The maximum Gasteiger partial charge on any atom is 0.191 e. The number of guanidine groups is 1. The SMILES string of the molecule is CCNC(=NCCCOc1cccc(OC)c1)NC1CC2CCCC(C1)N2C.I. The molecule has 1 aromatic rings. The van der Waals surface area contributed by atoms with E-state index in [1.54, 1.807) is 7.11 Å². The Morgan fingerprint density at radius 2 is 1.93 bits per heavy atom. The van der Waals surface area contributed by atoms with Crippen LogP contribution in [0.25, 0.3) is 0 Å². The molecular formula is C22H37IN4O2. The fourth-order valence-electron chi connectivity index (χ4n) is 4.38. The molecule has 2 unspecified atom stereocenters. The molecule has 0 aromatic heterocycles. The lowest BCUT2D eigenvalue weighted by Gasteiger charge is -2.47. The number of hydrogen-bond donors (Lipinski definition) is 2. The first kappa shape index (κ1) is 24.1. The minimum atomic E-state index is 0. The van der Waals surface area contributed by atoms with Gasteiger partial charge in [0.1, 0.15) is 11.5 Å². The average molecular weight is 516 g/mol. The average Bonchev–Trinajstić information content (AvgIpc) is 2.69. The molecule has 1 aromatic carbocycles. The summed E-state index contributed by atoms with van der Waals surface area (Å²) in [5.74, 6) is 2.60. The molecule has 29 heavy (non-hydrogen) atoms. The second kappa shape index (κ2) is 12.5. The Kier molecular flexibility index (Phi) is 10.3. The molecule has 2 bridgehead atoms. The number of nitrogens with zero attached hydrogens (tertiary/aromatic N) is 2. The summed E-state index contributed by atoms with van der Waals surface area (Å²) in [6.45, 7) is 4.39. The van der Waals surface area contributed by atoms with Gasteiger partial charge in [-0.3, -0.25) is 4.99 Å². The third kappa shape index (κ3) is 7.20. The van der Waals surface area contributed by atoms with Crippen molar-refractivity contribution in [2.45, 2.75) is 63.6 Å². The number of rotatable bonds is 8. The van der Waals surface area contributed by atoms with E-state index in [-0.39, 0.29) is 24.0 Å². The molecule has 6 nitrogen and oxygen atoms in total. The van der Waals surface area contributed by atoms with Crippen molar-refractivity contribution in [2.75, 3.05) is 33.9 Å². The van der Waals surface area contributed by atoms with Crippen LogP contribution in [-0.2, 0) is 0 Å². The zero-order chi connectivity index (χ0) is 19.8. The lowest BCUT2D eigenvalue weighted by molar-refractivity contribution is 0.0526. The fraction of sp³-hybridized carbons (Fsp3) is 0.682. The number of nitrogens with one attached hydrogen (secondary N) is 2. The van der Waals surface area contributed by atoms with E-state index in [2.05, 4.69) is 29.5 Å². The summed E-state index contributed by atoms with van der Waals surface area (Å²) in [7, 11) is 3.97. The topological polar surface area (TPSA) is 58.1 Å². The fourth-order valence-corrected chi connectivity index (χ4v) is 4.38. The summed E-state index contributed by atoms with van der Waals surface area (Å²) in [4.78, 5) is 7.36. The zero-order valence-electron chi connectivity index (χ0n) is 18.0. The predicted molar refractivity (Wildman–Crippen MR) is 130 cm³/mol. The summed E-state index contributed by atoms with van der Waals surface area (Å²) in [6.07, 6.45) is 7.37. The van der Waals surface area contributed by atoms with Gasteiger partial charge in [0.25, 0.3) is 0 Å². The van der Waals surface area contributed by atoms with Crippen LogP contribution in [0.2, 0.25) is 0 Å². The van der Waals surface area contributed by atoms with Crippen molar-refractivity contribution in [1.82, 2.24) is 15.5 Å². The van der Waals surface area contributed by atoms with Crippen LogP contribution in [0.15, 0.2) is 29.3 Å². The summed E-state index contributed by atoms with van der Waals surface area (Å²) < 4.78 is 11.0. The van der Waals surface area contributed by atoms with Gasteiger partial charge in [0.2, 0.25) is 0 Å². The molecule has 7 heteroatoms. The van der Waals surface area contributed by atoms with Gasteiger partial charge in [0, 0.05) is 43.7 Å². The minimum Gasteiger partial charge on any atom is -0.497 e. The van der Waals surface area contributed by atoms with Gasteiger partial charge in [-0.05, 0) is 51.8 Å². The highest BCUT2D eigenvalue weighted by Gasteiger charge is 2.36. The number of ether oxygens (including phenoxy) is 2. The number of fused-ring (bicyclic) bond motifs is 2. The summed E-state index contributed by atoms with van der Waals surface area (Å²) in [5.41, 5.74) is 0. The molecule has 2 N–H and O–H groups in total. The van der Waals surface area contributed by atoms with Gasteiger partial charge in [-0.15, -0.1) is 24.0 Å². The second-order valence-electron chi connectivity index (χ2n) is 7.86. The summed E-state index contributed by atoms with van der Waals surface area (Å²) in [6, 6.07) is 9.70. The van der Waals surface area contributed by atoms with Gasteiger partial charge in [0.05, 0.1) is 13.7 Å². The largest absolute Gasteiger partial charge is 0.497 e. The van der Waals surface area contributed by atoms with Crippen LogP contribution in [0.1, 0.15) is 45.4 Å². The molecule has 0 amide bonds. The van der Waals surface area contributed by atoms with Crippen LogP contribution >= 0.6 is 24.0 Å². The van der Waals surface area contributed by atoms with Gasteiger partial charge in [0.15, 0.2) is 5.96 Å². The molecule has 2 saturated heterocycles. The molecule has 0 radical (unpaired) electrons. The summed E-state index contributed by atoms with van der Waals surface area (Å²) in [5, 5.41) is 7.08. The van der Waals surface area contributed by atoms with Crippen LogP contribution in [0.4, 0.5) is 0 Å². The van der Waals surface area contributed by atoms with E-state index in [0.29, 0.717) is 12.6 Å². The Morgan fingerprint density at radius 1 is 1.21 bits per heavy atom. The zero-order valence-corrected chi connectivity index (χ0v) is 20.4. The van der Waals surface area contributed by atoms with Gasteiger partial charge in [-0.1, -0.05) is 12.5 Å². The first-order chi connectivity index (χ1) is 13.7. The highest BCUT2D eigenvalue weighted by molar-refractivity contribution is 14.0. The third-order valence-electron chi connectivity index (χ3n) is 5.91. The molecule has 0 aliphatic carbocycles. The number of halogens is 1. The van der Waals surface area contributed by atoms with E-state index >= 15 is 0 Å². The van der Waals surface area contributed by atoms with E-state index in [4.69, 9.17) is 14.5 Å². The third-order valence-corrected chi connectivity index (χ3v) is 5.91. The number of hydrogen-bond acceptors (Lipinski definition) is 4. The molecule has 0 spiro atoms. The molecule has 2 atom stereocenters. The molecule has 2 aliphatic rings.